The third kappa shape index (κ3) is 1.68. The second-order valence-electron chi connectivity index (χ2n) is 4.65. The van der Waals surface area contributed by atoms with E-state index in [1.54, 1.807) is 0 Å². The van der Waals surface area contributed by atoms with Crippen LogP contribution < -0.4 is 5.32 Å². The van der Waals surface area contributed by atoms with Crippen molar-refractivity contribution in [2.24, 2.45) is 11.8 Å². The first kappa shape index (κ1) is 10.7. The summed E-state index contributed by atoms with van der Waals surface area (Å²) in [5.41, 5.74) is 0.374. The molecular weight excluding hydrogens is 186 g/mol. The zero-order valence-corrected chi connectivity index (χ0v) is 9.40. The first-order valence-electron chi connectivity index (χ1n) is 5.64. The van der Waals surface area contributed by atoms with Crippen LogP contribution in [0.3, 0.4) is 0 Å². The number of piperidine rings is 1. The summed E-state index contributed by atoms with van der Waals surface area (Å²) in [6.45, 7) is 5.98. The van der Waals surface area contributed by atoms with Gasteiger partial charge in [0.1, 0.15) is 0 Å². The Morgan fingerprint density at radius 2 is 1.67 bits per heavy atom. The van der Waals surface area contributed by atoms with E-state index in [2.05, 4.69) is 19.2 Å². The highest BCUT2D eigenvalue weighted by atomic mass is 16.3. The first-order chi connectivity index (χ1) is 7.15. The minimum absolute atomic E-state index is 0.253. The maximum Gasteiger partial charge on any atom is 0.0971 e. The Morgan fingerprint density at radius 1 is 1.13 bits per heavy atom. The van der Waals surface area contributed by atoms with Crippen LogP contribution in [0.4, 0.5) is 0 Å². The van der Waals surface area contributed by atoms with E-state index in [4.69, 9.17) is 0 Å². The van der Waals surface area contributed by atoms with Crippen LogP contribution in [0, 0.1) is 11.8 Å². The Hall–Kier alpha value is -0.860. The largest absolute Gasteiger partial charge is 0.385 e. The van der Waals surface area contributed by atoms with Gasteiger partial charge in [0.25, 0.3) is 0 Å². The fourth-order valence-corrected chi connectivity index (χ4v) is 2.59. The van der Waals surface area contributed by atoms with Gasteiger partial charge in [0.15, 0.2) is 0 Å². The topological polar surface area (TPSA) is 32.3 Å². The minimum atomic E-state index is -0.674. The standard InChI is InChI=1S/C13H19NO/c1-10-8-14-9-11(2)13(10,15)12-6-4-3-5-7-12/h3-7,10-11,14-15H,8-9H2,1-2H3/t10-,11?,13?/m0/s1. The number of rotatable bonds is 1. The molecule has 82 valence electrons. The van der Waals surface area contributed by atoms with Crippen molar-refractivity contribution in [1.29, 1.82) is 0 Å². The Morgan fingerprint density at radius 3 is 2.20 bits per heavy atom. The maximum atomic E-state index is 10.8. The molecule has 1 fully saturated rings. The Balaban J connectivity index is 2.38. The van der Waals surface area contributed by atoms with Crippen molar-refractivity contribution in [3.8, 4) is 0 Å². The number of hydrogen-bond acceptors (Lipinski definition) is 2. The summed E-state index contributed by atoms with van der Waals surface area (Å²) in [5.74, 6) is 0.507. The van der Waals surface area contributed by atoms with Crippen molar-refractivity contribution in [2.45, 2.75) is 19.4 Å². The summed E-state index contributed by atoms with van der Waals surface area (Å²) in [5, 5.41) is 14.2. The lowest BCUT2D eigenvalue weighted by atomic mass is 9.71. The van der Waals surface area contributed by atoms with E-state index in [1.807, 2.05) is 30.3 Å². The third-order valence-corrected chi connectivity index (χ3v) is 3.64. The fraction of sp³-hybridized carbons (Fsp3) is 0.538. The summed E-state index contributed by atoms with van der Waals surface area (Å²) in [7, 11) is 0. The molecule has 1 heterocycles. The lowest BCUT2D eigenvalue weighted by molar-refractivity contribution is -0.0806. The molecule has 15 heavy (non-hydrogen) atoms. The normalized spacial score (nSPS) is 36.5. The molecule has 1 saturated heterocycles. The molecule has 1 aliphatic rings. The van der Waals surface area contributed by atoms with Crippen LogP contribution in [0.2, 0.25) is 0 Å². The maximum absolute atomic E-state index is 10.8. The summed E-state index contributed by atoms with van der Waals surface area (Å²) in [6.07, 6.45) is 0. The van der Waals surface area contributed by atoms with Gasteiger partial charge in [-0.3, -0.25) is 0 Å². The zero-order chi connectivity index (χ0) is 10.9. The van der Waals surface area contributed by atoms with Crippen LogP contribution in [-0.2, 0) is 5.60 Å². The smallest absolute Gasteiger partial charge is 0.0971 e. The van der Waals surface area contributed by atoms with Crippen LogP contribution in [0.5, 0.6) is 0 Å². The lowest BCUT2D eigenvalue weighted by Gasteiger charge is -2.44. The first-order valence-corrected chi connectivity index (χ1v) is 5.64. The van der Waals surface area contributed by atoms with Crippen molar-refractivity contribution in [3.05, 3.63) is 35.9 Å². The SMILES string of the molecule is CC1CNC[C@H](C)C1(O)c1ccccc1. The fourth-order valence-electron chi connectivity index (χ4n) is 2.59. The molecule has 0 bridgehead atoms. The minimum Gasteiger partial charge on any atom is -0.385 e. The van der Waals surface area contributed by atoms with Crippen LogP contribution in [0.1, 0.15) is 19.4 Å². The predicted molar refractivity (Wildman–Crippen MR) is 61.5 cm³/mol. The molecule has 1 aliphatic heterocycles. The van der Waals surface area contributed by atoms with E-state index in [0.717, 1.165) is 18.7 Å². The molecule has 2 nitrogen and oxygen atoms in total. The lowest BCUT2D eigenvalue weighted by Crippen LogP contribution is -2.52. The second kappa shape index (κ2) is 3.95. The van der Waals surface area contributed by atoms with Crippen LogP contribution in [0.15, 0.2) is 30.3 Å². The Labute approximate surface area is 91.3 Å². The average Bonchev–Trinajstić information content (AvgIpc) is 2.27. The Bertz CT molecular complexity index is 313. The van der Waals surface area contributed by atoms with E-state index >= 15 is 0 Å². The van der Waals surface area contributed by atoms with Gasteiger partial charge in [0.2, 0.25) is 0 Å². The molecule has 0 spiro atoms. The van der Waals surface area contributed by atoms with E-state index in [0.29, 0.717) is 0 Å². The molecule has 0 radical (unpaired) electrons. The summed E-state index contributed by atoms with van der Waals surface area (Å²) < 4.78 is 0. The molecule has 3 atom stereocenters. The van der Waals surface area contributed by atoms with Gasteiger partial charge < -0.3 is 10.4 Å². The van der Waals surface area contributed by atoms with Gasteiger partial charge in [-0.15, -0.1) is 0 Å². The van der Waals surface area contributed by atoms with Crippen LogP contribution >= 0.6 is 0 Å². The number of hydrogen-bond donors (Lipinski definition) is 2. The molecule has 0 aliphatic carbocycles. The van der Waals surface area contributed by atoms with Crippen molar-refractivity contribution in [2.75, 3.05) is 13.1 Å². The molecule has 0 amide bonds. The van der Waals surface area contributed by atoms with Crippen LogP contribution in [-0.4, -0.2) is 18.2 Å². The van der Waals surface area contributed by atoms with E-state index < -0.39 is 5.60 Å². The summed E-state index contributed by atoms with van der Waals surface area (Å²) in [6, 6.07) is 10.0. The van der Waals surface area contributed by atoms with Crippen molar-refractivity contribution >= 4 is 0 Å². The molecule has 2 heteroatoms. The summed E-state index contributed by atoms with van der Waals surface area (Å²) in [4.78, 5) is 0. The zero-order valence-electron chi connectivity index (χ0n) is 9.40. The quantitative estimate of drug-likeness (QED) is 0.732. The van der Waals surface area contributed by atoms with Crippen LogP contribution in [0.25, 0.3) is 0 Å². The molecule has 0 saturated carbocycles. The van der Waals surface area contributed by atoms with Gasteiger partial charge in [0, 0.05) is 24.9 Å². The van der Waals surface area contributed by atoms with Gasteiger partial charge in [-0.25, -0.2) is 0 Å². The van der Waals surface area contributed by atoms with E-state index in [1.165, 1.54) is 0 Å². The average molecular weight is 205 g/mol. The second-order valence-corrected chi connectivity index (χ2v) is 4.65. The van der Waals surface area contributed by atoms with Crippen molar-refractivity contribution < 1.29 is 5.11 Å². The van der Waals surface area contributed by atoms with Gasteiger partial charge in [-0.05, 0) is 5.56 Å². The Kier molecular flexibility index (Phi) is 2.81. The molecule has 2 unspecified atom stereocenters. The molecule has 1 aromatic carbocycles. The van der Waals surface area contributed by atoms with Gasteiger partial charge in [-0.2, -0.15) is 0 Å². The number of benzene rings is 1. The number of nitrogens with one attached hydrogen (secondary N) is 1. The molecule has 2 rings (SSSR count). The highest BCUT2D eigenvalue weighted by Gasteiger charge is 2.42. The molecular formula is C13H19NO. The monoisotopic (exact) mass is 205 g/mol. The highest BCUT2D eigenvalue weighted by molar-refractivity contribution is 5.25. The van der Waals surface area contributed by atoms with Gasteiger partial charge in [-0.1, -0.05) is 44.2 Å². The highest BCUT2D eigenvalue weighted by Crippen LogP contribution is 2.38. The predicted octanol–water partition coefficient (Wildman–Crippen LogP) is 1.75. The van der Waals surface area contributed by atoms with Gasteiger partial charge in [0.05, 0.1) is 5.60 Å². The molecule has 0 aromatic heterocycles. The van der Waals surface area contributed by atoms with Gasteiger partial charge >= 0.3 is 0 Å². The molecule has 1 aromatic rings. The van der Waals surface area contributed by atoms with Crippen molar-refractivity contribution in [3.63, 3.8) is 0 Å². The van der Waals surface area contributed by atoms with E-state index in [-0.39, 0.29) is 11.8 Å². The number of aliphatic hydroxyl groups is 1. The summed E-state index contributed by atoms with van der Waals surface area (Å²) >= 11 is 0. The third-order valence-electron chi connectivity index (χ3n) is 3.64. The molecule has 2 N–H and O–H groups in total. The van der Waals surface area contributed by atoms with Crippen molar-refractivity contribution in [1.82, 2.24) is 5.32 Å². The van der Waals surface area contributed by atoms with E-state index in [9.17, 15) is 5.11 Å².